The maximum Gasteiger partial charge on any atom is 0.416 e. The Hall–Kier alpha value is -4.87. The minimum atomic E-state index is -4.68. The zero-order chi connectivity index (χ0) is 30.7. The quantitative estimate of drug-likeness (QED) is 0.196. The van der Waals surface area contributed by atoms with E-state index in [1.807, 2.05) is 0 Å². The van der Waals surface area contributed by atoms with E-state index in [4.69, 9.17) is 0 Å². The standard InChI is InChI=1S/C31H21F6N3O3/c32-30(33,34)18-4-1-6-20(16-18)38-12-14-39(15-13-38)27(41)23-10-11-25-26-22(23)8-3-9-24(26)28(42)40(29(25)43)21-7-2-5-19(17-21)31(35,36)37/h1-11,16-17H,12-15H2. The van der Waals surface area contributed by atoms with Crippen molar-refractivity contribution in [1.29, 1.82) is 0 Å². The van der Waals surface area contributed by atoms with Gasteiger partial charge in [-0.15, -0.1) is 0 Å². The zero-order valence-corrected chi connectivity index (χ0v) is 22.2. The number of halogens is 6. The average molecular weight is 598 g/mol. The molecular weight excluding hydrogens is 576 g/mol. The van der Waals surface area contributed by atoms with Crippen LogP contribution < -0.4 is 9.80 Å². The van der Waals surface area contributed by atoms with Crippen LogP contribution in [0.3, 0.4) is 0 Å². The van der Waals surface area contributed by atoms with Gasteiger partial charge in [0.15, 0.2) is 0 Å². The molecule has 220 valence electrons. The highest BCUT2D eigenvalue weighted by Crippen LogP contribution is 2.37. The van der Waals surface area contributed by atoms with Gasteiger partial charge in [-0.2, -0.15) is 26.3 Å². The monoisotopic (exact) mass is 597 g/mol. The minimum absolute atomic E-state index is 0.0635. The predicted octanol–water partition coefficient (Wildman–Crippen LogP) is 6.64. The molecule has 0 saturated carbocycles. The fourth-order valence-corrected chi connectivity index (χ4v) is 5.56. The normalized spacial score (nSPS) is 15.8. The summed E-state index contributed by atoms with van der Waals surface area (Å²) in [7, 11) is 0. The van der Waals surface area contributed by atoms with Crippen LogP contribution in [0.5, 0.6) is 0 Å². The third-order valence-corrected chi connectivity index (χ3v) is 7.68. The number of amides is 3. The Morgan fingerprint density at radius 1 is 0.628 bits per heavy atom. The molecule has 2 aliphatic heterocycles. The van der Waals surface area contributed by atoms with Crippen LogP contribution in [0.15, 0.2) is 78.9 Å². The van der Waals surface area contributed by atoms with Crippen molar-refractivity contribution in [2.75, 3.05) is 36.0 Å². The third kappa shape index (κ3) is 4.96. The number of alkyl halides is 6. The molecule has 2 heterocycles. The van der Waals surface area contributed by atoms with Crippen LogP contribution in [0.2, 0.25) is 0 Å². The van der Waals surface area contributed by atoms with Crippen LogP contribution in [-0.2, 0) is 12.4 Å². The van der Waals surface area contributed by atoms with E-state index in [1.165, 1.54) is 36.4 Å². The van der Waals surface area contributed by atoms with Gasteiger partial charge in [-0.3, -0.25) is 14.4 Å². The molecule has 3 amide bonds. The van der Waals surface area contributed by atoms with E-state index in [2.05, 4.69) is 0 Å². The average Bonchev–Trinajstić information content (AvgIpc) is 2.99. The fraction of sp³-hybridized carbons (Fsp3) is 0.194. The summed E-state index contributed by atoms with van der Waals surface area (Å²) in [4.78, 5) is 44.6. The number of anilines is 2. The van der Waals surface area contributed by atoms with Gasteiger partial charge in [-0.1, -0.05) is 24.3 Å². The first-order valence-electron chi connectivity index (χ1n) is 13.2. The Balaban J connectivity index is 1.28. The maximum absolute atomic E-state index is 13.6. The first kappa shape index (κ1) is 28.3. The molecule has 6 nitrogen and oxygen atoms in total. The van der Waals surface area contributed by atoms with Crippen LogP contribution in [-0.4, -0.2) is 48.8 Å². The number of rotatable bonds is 3. The van der Waals surface area contributed by atoms with Gasteiger partial charge >= 0.3 is 12.4 Å². The summed E-state index contributed by atoms with van der Waals surface area (Å²) in [5.41, 5.74) is -1.26. The summed E-state index contributed by atoms with van der Waals surface area (Å²) in [6.07, 6.45) is -9.15. The van der Waals surface area contributed by atoms with Gasteiger partial charge in [0.1, 0.15) is 0 Å². The molecule has 0 unspecified atom stereocenters. The molecule has 0 N–H and O–H groups in total. The van der Waals surface area contributed by atoms with Gasteiger partial charge in [0, 0.05) is 53.9 Å². The predicted molar refractivity (Wildman–Crippen MR) is 146 cm³/mol. The summed E-state index contributed by atoms with van der Waals surface area (Å²) in [5, 5.41) is 0.569. The fourth-order valence-electron chi connectivity index (χ4n) is 5.56. The van der Waals surface area contributed by atoms with Crippen molar-refractivity contribution in [3.63, 3.8) is 0 Å². The Bertz CT molecular complexity index is 1770. The smallest absolute Gasteiger partial charge is 0.368 e. The number of imide groups is 1. The molecule has 43 heavy (non-hydrogen) atoms. The van der Waals surface area contributed by atoms with Crippen LogP contribution in [0.1, 0.15) is 42.2 Å². The third-order valence-electron chi connectivity index (χ3n) is 7.68. The molecule has 0 radical (unpaired) electrons. The summed E-state index contributed by atoms with van der Waals surface area (Å²) < 4.78 is 79.5. The van der Waals surface area contributed by atoms with E-state index in [0.29, 0.717) is 16.0 Å². The van der Waals surface area contributed by atoms with Crippen molar-refractivity contribution in [3.8, 4) is 0 Å². The van der Waals surface area contributed by atoms with Crippen molar-refractivity contribution in [3.05, 3.63) is 107 Å². The summed E-state index contributed by atoms with van der Waals surface area (Å²) >= 11 is 0. The number of carbonyl (C=O) groups excluding carboxylic acids is 3. The summed E-state index contributed by atoms with van der Waals surface area (Å²) in [6, 6.07) is 16.3. The molecule has 1 saturated heterocycles. The second-order valence-electron chi connectivity index (χ2n) is 10.2. The molecule has 1 fully saturated rings. The summed E-state index contributed by atoms with van der Waals surface area (Å²) in [5.74, 6) is -2.02. The largest absolute Gasteiger partial charge is 0.416 e. The van der Waals surface area contributed by atoms with Crippen molar-refractivity contribution >= 4 is 39.9 Å². The van der Waals surface area contributed by atoms with E-state index in [9.17, 15) is 40.7 Å². The van der Waals surface area contributed by atoms with Crippen molar-refractivity contribution in [2.45, 2.75) is 12.4 Å². The van der Waals surface area contributed by atoms with Gasteiger partial charge in [0.05, 0.1) is 16.8 Å². The van der Waals surface area contributed by atoms with Crippen molar-refractivity contribution in [1.82, 2.24) is 4.90 Å². The molecular formula is C31H21F6N3O3. The number of hydrogen-bond donors (Lipinski definition) is 0. The Labute approximate surface area is 240 Å². The highest BCUT2D eigenvalue weighted by atomic mass is 19.4. The second kappa shape index (κ2) is 10.1. The lowest BCUT2D eigenvalue weighted by Crippen LogP contribution is -2.49. The van der Waals surface area contributed by atoms with Gasteiger partial charge in [-0.05, 0) is 60.0 Å². The van der Waals surface area contributed by atoms with Gasteiger partial charge in [0.2, 0.25) is 0 Å². The number of benzene rings is 4. The van der Waals surface area contributed by atoms with Crippen molar-refractivity contribution in [2.24, 2.45) is 0 Å². The second-order valence-corrected chi connectivity index (χ2v) is 10.2. The lowest BCUT2D eigenvalue weighted by Gasteiger charge is -2.36. The molecule has 0 aliphatic carbocycles. The molecule has 4 aromatic carbocycles. The highest BCUT2D eigenvalue weighted by molar-refractivity contribution is 6.36. The van der Waals surface area contributed by atoms with E-state index in [1.54, 1.807) is 21.9 Å². The zero-order valence-electron chi connectivity index (χ0n) is 22.2. The first-order valence-corrected chi connectivity index (χ1v) is 13.2. The highest BCUT2D eigenvalue weighted by Gasteiger charge is 2.38. The molecule has 0 aromatic heterocycles. The molecule has 0 spiro atoms. The van der Waals surface area contributed by atoms with E-state index in [-0.39, 0.29) is 59.9 Å². The summed E-state index contributed by atoms with van der Waals surface area (Å²) in [6.45, 7) is 1.02. The number of piperazine rings is 1. The number of carbonyl (C=O) groups is 3. The SMILES string of the molecule is O=C(c1ccc2c3c(cccc13)C(=O)N(c1cccc(C(F)(F)F)c1)C2=O)N1CCN(c2cccc(C(F)(F)F)c2)CC1. The number of nitrogens with zero attached hydrogens (tertiary/aromatic N) is 3. The first-order chi connectivity index (χ1) is 20.3. The lowest BCUT2D eigenvalue weighted by molar-refractivity contribution is -0.138. The topological polar surface area (TPSA) is 60.9 Å². The van der Waals surface area contributed by atoms with E-state index < -0.39 is 35.3 Å². The maximum atomic E-state index is 13.6. The number of hydrogen-bond acceptors (Lipinski definition) is 4. The van der Waals surface area contributed by atoms with Gasteiger partial charge in [-0.25, -0.2) is 4.90 Å². The Morgan fingerprint density at radius 2 is 1.16 bits per heavy atom. The van der Waals surface area contributed by atoms with Crippen molar-refractivity contribution < 1.29 is 40.7 Å². The minimum Gasteiger partial charge on any atom is -0.368 e. The Morgan fingerprint density at radius 3 is 1.77 bits per heavy atom. The molecule has 12 heteroatoms. The van der Waals surface area contributed by atoms with Crippen LogP contribution in [0, 0.1) is 0 Å². The van der Waals surface area contributed by atoms with Crippen LogP contribution >= 0.6 is 0 Å². The van der Waals surface area contributed by atoms with E-state index >= 15 is 0 Å². The molecule has 4 aromatic rings. The van der Waals surface area contributed by atoms with Gasteiger partial charge < -0.3 is 9.80 Å². The lowest BCUT2D eigenvalue weighted by atomic mass is 9.90. The van der Waals surface area contributed by atoms with Crippen LogP contribution in [0.4, 0.5) is 37.7 Å². The van der Waals surface area contributed by atoms with Crippen LogP contribution in [0.25, 0.3) is 10.8 Å². The molecule has 6 rings (SSSR count). The molecule has 2 aliphatic rings. The van der Waals surface area contributed by atoms with Gasteiger partial charge in [0.25, 0.3) is 17.7 Å². The van der Waals surface area contributed by atoms with E-state index in [0.717, 1.165) is 30.3 Å². The molecule has 0 bridgehead atoms. The molecule has 0 atom stereocenters. The Kier molecular flexibility index (Phi) is 6.67.